The molecule has 1 amide bonds. The van der Waals surface area contributed by atoms with Crippen LogP contribution in [0.2, 0.25) is 5.02 Å². The Balaban J connectivity index is 1.95. The van der Waals surface area contributed by atoms with Crippen LogP contribution in [0.1, 0.15) is 0 Å². The summed E-state index contributed by atoms with van der Waals surface area (Å²) in [5.41, 5.74) is 0.703. The van der Waals surface area contributed by atoms with Gasteiger partial charge in [0.15, 0.2) is 0 Å². The summed E-state index contributed by atoms with van der Waals surface area (Å²) in [4.78, 5) is 15.3. The number of hydrogen-bond acceptors (Lipinski definition) is 3. The van der Waals surface area contributed by atoms with E-state index in [9.17, 15) is 4.79 Å². The first-order valence-electron chi connectivity index (χ1n) is 4.62. The first-order chi connectivity index (χ1) is 7.74. The third-order valence-corrected chi connectivity index (χ3v) is 2.15. The summed E-state index contributed by atoms with van der Waals surface area (Å²) in [5, 5.41) is 7.19. The van der Waals surface area contributed by atoms with E-state index < -0.39 is 0 Å². The minimum absolute atomic E-state index is 0.141. The molecule has 0 aliphatic rings. The molecule has 1 aromatic carbocycles. The molecular weight excluding hydrogens is 228 g/mol. The van der Waals surface area contributed by atoms with E-state index in [4.69, 9.17) is 11.6 Å². The molecule has 0 unspecified atom stereocenters. The van der Waals surface area contributed by atoms with E-state index >= 15 is 0 Å². The fourth-order valence-electron chi connectivity index (χ4n) is 1.20. The van der Waals surface area contributed by atoms with Crippen molar-refractivity contribution in [1.29, 1.82) is 0 Å². The molecular formula is C10H9ClN4O. The lowest BCUT2D eigenvalue weighted by Gasteiger charge is -2.04. The molecule has 0 bridgehead atoms. The molecule has 0 saturated heterocycles. The fraction of sp³-hybridized carbons (Fsp3) is 0.100. The molecule has 0 fully saturated rings. The van der Waals surface area contributed by atoms with Crippen molar-refractivity contribution in [2.45, 2.75) is 6.54 Å². The number of amides is 1. The van der Waals surface area contributed by atoms with Crippen molar-refractivity contribution in [2.75, 3.05) is 5.32 Å². The van der Waals surface area contributed by atoms with Crippen LogP contribution in [0.25, 0.3) is 0 Å². The Morgan fingerprint density at radius 1 is 1.38 bits per heavy atom. The molecule has 0 atom stereocenters. The predicted octanol–water partition coefficient (Wildman–Crippen LogP) is 1.57. The largest absolute Gasteiger partial charge is 0.324 e. The Morgan fingerprint density at radius 3 is 2.75 bits per heavy atom. The highest BCUT2D eigenvalue weighted by Crippen LogP contribution is 2.13. The second-order valence-electron chi connectivity index (χ2n) is 3.15. The summed E-state index contributed by atoms with van der Waals surface area (Å²) in [6, 6.07) is 6.91. The minimum Gasteiger partial charge on any atom is -0.324 e. The van der Waals surface area contributed by atoms with Gasteiger partial charge in [0.05, 0.1) is 0 Å². The summed E-state index contributed by atoms with van der Waals surface area (Å²) in [6.07, 6.45) is 2.87. The van der Waals surface area contributed by atoms with Crippen LogP contribution in [0, 0.1) is 0 Å². The van der Waals surface area contributed by atoms with Crippen LogP contribution < -0.4 is 5.32 Å². The maximum Gasteiger partial charge on any atom is 0.246 e. The highest BCUT2D eigenvalue weighted by Gasteiger charge is 2.03. The highest BCUT2D eigenvalue weighted by molar-refractivity contribution is 6.30. The van der Waals surface area contributed by atoms with E-state index in [1.165, 1.54) is 17.3 Å². The Hall–Kier alpha value is -1.88. The first kappa shape index (κ1) is 10.6. The van der Waals surface area contributed by atoms with E-state index in [1.54, 1.807) is 24.3 Å². The number of nitrogens with zero attached hydrogens (tertiary/aromatic N) is 3. The number of rotatable bonds is 3. The number of carbonyl (C=O) groups excluding carboxylic acids is 1. The molecule has 0 spiro atoms. The SMILES string of the molecule is O=C(Cn1cncn1)Nc1ccc(Cl)cc1. The normalized spacial score (nSPS) is 10.1. The Labute approximate surface area is 97.1 Å². The van der Waals surface area contributed by atoms with Crippen LogP contribution >= 0.6 is 11.6 Å². The lowest BCUT2D eigenvalue weighted by atomic mass is 10.3. The molecule has 1 N–H and O–H groups in total. The molecule has 0 aliphatic carbocycles. The van der Waals surface area contributed by atoms with Crippen molar-refractivity contribution in [2.24, 2.45) is 0 Å². The molecule has 2 aromatic rings. The Kier molecular flexibility index (Phi) is 3.16. The standard InChI is InChI=1S/C10H9ClN4O/c11-8-1-3-9(4-2-8)14-10(16)5-15-7-12-6-13-15/h1-4,6-7H,5H2,(H,14,16). The van der Waals surface area contributed by atoms with Crippen LogP contribution in [0.4, 0.5) is 5.69 Å². The zero-order valence-electron chi connectivity index (χ0n) is 8.30. The van der Waals surface area contributed by atoms with Gasteiger partial charge in [-0.2, -0.15) is 5.10 Å². The molecule has 0 aliphatic heterocycles. The minimum atomic E-state index is -0.159. The topological polar surface area (TPSA) is 59.8 Å². The summed E-state index contributed by atoms with van der Waals surface area (Å²) < 4.78 is 1.45. The monoisotopic (exact) mass is 236 g/mol. The quantitative estimate of drug-likeness (QED) is 0.880. The first-order valence-corrected chi connectivity index (χ1v) is 5.00. The smallest absolute Gasteiger partial charge is 0.246 e. The molecule has 6 heteroatoms. The molecule has 1 aromatic heterocycles. The van der Waals surface area contributed by atoms with Gasteiger partial charge in [-0.1, -0.05) is 11.6 Å². The molecule has 0 saturated carbocycles. The number of hydrogen-bond donors (Lipinski definition) is 1. The van der Waals surface area contributed by atoms with Crippen molar-refractivity contribution >= 4 is 23.2 Å². The highest BCUT2D eigenvalue weighted by atomic mass is 35.5. The van der Waals surface area contributed by atoms with Crippen LogP contribution in [-0.2, 0) is 11.3 Å². The summed E-state index contributed by atoms with van der Waals surface area (Å²) in [6.45, 7) is 0.141. The van der Waals surface area contributed by atoms with Gasteiger partial charge < -0.3 is 5.32 Å². The van der Waals surface area contributed by atoms with Crippen molar-refractivity contribution < 1.29 is 4.79 Å². The Morgan fingerprint density at radius 2 is 2.12 bits per heavy atom. The second kappa shape index (κ2) is 4.76. The van der Waals surface area contributed by atoms with E-state index in [-0.39, 0.29) is 12.5 Å². The van der Waals surface area contributed by atoms with Crippen LogP contribution in [-0.4, -0.2) is 20.7 Å². The van der Waals surface area contributed by atoms with Crippen LogP contribution in [0.15, 0.2) is 36.9 Å². The molecule has 82 valence electrons. The van der Waals surface area contributed by atoms with Crippen molar-refractivity contribution in [1.82, 2.24) is 14.8 Å². The maximum absolute atomic E-state index is 11.5. The van der Waals surface area contributed by atoms with Gasteiger partial charge in [0.25, 0.3) is 0 Å². The molecule has 16 heavy (non-hydrogen) atoms. The van der Waals surface area contributed by atoms with E-state index in [2.05, 4.69) is 15.4 Å². The van der Waals surface area contributed by atoms with Gasteiger partial charge in [0.1, 0.15) is 19.2 Å². The molecule has 5 nitrogen and oxygen atoms in total. The number of halogens is 1. The van der Waals surface area contributed by atoms with E-state index in [1.807, 2.05) is 0 Å². The summed E-state index contributed by atoms with van der Waals surface area (Å²) >= 11 is 5.73. The number of anilines is 1. The summed E-state index contributed by atoms with van der Waals surface area (Å²) in [5.74, 6) is -0.159. The lowest BCUT2D eigenvalue weighted by Crippen LogP contribution is -2.18. The van der Waals surface area contributed by atoms with Gasteiger partial charge in [-0.15, -0.1) is 0 Å². The number of carbonyl (C=O) groups is 1. The second-order valence-corrected chi connectivity index (χ2v) is 3.58. The lowest BCUT2D eigenvalue weighted by molar-refractivity contribution is -0.116. The van der Waals surface area contributed by atoms with Crippen molar-refractivity contribution in [3.05, 3.63) is 41.9 Å². The van der Waals surface area contributed by atoms with Gasteiger partial charge in [0, 0.05) is 10.7 Å². The Bertz CT molecular complexity index is 466. The number of benzene rings is 1. The summed E-state index contributed by atoms with van der Waals surface area (Å²) in [7, 11) is 0. The predicted molar refractivity (Wildman–Crippen MR) is 60.1 cm³/mol. The van der Waals surface area contributed by atoms with E-state index in [0.717, 1.165) is 0 Å². The number of nitrogens with one attached hydrogen (secondary N) is 1. The van der Waals surface area contributed by atoms with Gasteiger partial charge in [-0.25, -0.2) is 9.67 Å². The zero-order valence-corrected chi connectivity index (χ0v) is 9.05. The van der Waals surface area contributed by atoms with E-state index in [0.29, 0.717) is 10.7 Å². The third-order valence-electron chi connectivity index (χ3n) is 1.90. The molecule has 1 heterocycles. The van der Waals surface area contributed by atoms with Gasteiger partial charge in [-0.05, 0) is 24.3 Å². The van der Waals surface area contributed by atoms with Crippen LogP contribution in [0.3, 0.4) is 0 Å². The van der Waals surface area contributed by atoms with Crippen LogP contribution in [0.5, 0.6) is 0 Å². The van der Waals surface area contributed by atoms with Gasteiger partial charge in [0.2, 0.25) is 5.91 Å². The average molecular weight is 237 g/mol. The fourth-order valence-corrected chi connectivity index (χ4v) is 1.32. The van der Waals surface area contributed by atoms with Crippen molar-refractivity contribution in [3.8, 4) is 0 Å². The third kappa shape index (κ3) is 2.80. The maximum atomic E-state index is 11.5. The molecule has 2 rings (SSSR count). The average Bonchev–Trinajstić information content (AvgIpc) is 2.74. The zero-order chi connectivity index (χ0) is 11.4. The van der Waals surface area contributed by atoms with Gasteiger partial charge >= 0.3 is 0 Å². The van der Waals surface area contributed by atoms with Crippen molar-refractivity contribution in [3.63, 3.8) is 0 Å². The molecule has 0 radical (unpaired) electrons. The van der Waals surface area contributed by atoms with Gasteiger partial charge in [-0.3, -0.25) is 4.79 Å². The number of aromatic nitrogens is 3.